The van der Waals surface area contributed by atoms with E-state index in [-0.39, 0.29) is 29.6 Å². The zero-order chi connectivity index (χ0) is 16.8. The van der Waals surface area contributed by atoms with Crippen LogP contribution in [0.25, 0.3) is 0 Å². The quantitative estimate of drug-likeness (QED) is 0.796. The molecule has 8 nitrogen and oxygen atoms in total. The SMILES string of the molecule is Cc1[nH]cnc1CN1CCN(C(=O)N(C)C)[C@@H]2CS(=O)(=O)C[C@@H]21. The van der Waals surface area contributed by atoms with E-state index < -0.39 is 9.84 Å². The topological polar surface area (TPSA) is 89.6 Å². The molecule has 9 heteroatoms. The average molecular weight is 341 g/mol. The molecule has 2 atom stereocenters. The maximum atomic E-state index is 12.4. The van der Waals surface area contributed by atoms with E-state index in [0.29, 0.717) is 19.6 Å². The molecule has 1 aromatic rings. The first-order valence-corrected chi connectivity index (χ1v) is 9.52. The van der Waals surface area contributed by atoms with Gasteiger partial charge in [-0.3, -0.25) is 4.90 Å². The third-order valence-corrected chi connectivity index (χ3v) is 6.41. The van der Waals surface area contributed by atoms with Crippen molar-refractivity contribution in [1.29, 1.82) is 0 Å². The standard InChI is InChI=1S/C14H23N5O3S/c1-10-11(16-9-15-10)6-18-4-5-19(14(20)17(2)3)13-8-23(21,22)7-12(13)18/h9,12-13H,4-8H2,1-3H3,(H,15,16)/t12-,13+/m0/s1. The smallest absolute Gasteiger partial charge is 0.319 e. The van der Waals surface area contributed by atoms with Gasteiger partial charge in [-0.25, -0.2) is 18.2 Å². The Balaban J connectivity index is 1.84. The number of sulfone groups is 1. The zero-order valence-corrected chi connectivity index (χ0v) is 14.5. The Labute approximate surface area is 136 Å². The summed E-state index contributed by atoms with van der Waals surface area (Å²) in [5, 5.41) is 0. The second-order valence-corrected chi connectivity index (χ2v) is 8.68. The third kappa shape index (κ3) is 3.07. The van der Waals surface area contributed by atoms with E-state index >= 15 is 0 Å². The van der Waals surface area contributed by atoms with Gasteiger partial charge in [-0.05, 0) is 6.92 Å². The molecule has 0 radical (unpaired) electrons. The summed E-state index contributed by atoms with van der Waals surface area (Å²) in [6.07, 6.45) is 1.65. The summed E-state index contributed by atoms with van der Waals surface area (Å²) in [4.78, 5) is 25.1. The Kier molecular flexibility index (Phi) is 4.09. The number of aromatic amines is 1. The number of urea groups is 1. The Morgan fingerprint density at radius 1 is 1.35 bits per heavy atom. The lowest BCUT2D eigenvalue weighted by molar-refractivity contribution is 0.0513. The van der Waals surface area contributed by atoms with E-state index in [1.54, 1.807) is 25.3 Å². The van der Waals surface area contributed by atoms with Crippen LogP contribution in [0.15, 0.2) is 6.33 Å². The van der Waals surface area contributed by atoms with Crippen molar-refractivity contribution in [2.75, 3.05) is 38.7 Å². The summed E-state index contributed by atoms with van der Waals surface area (Å²) in [6, 6.07) is -0.552. The highest BCUT2D eigenvalue weighted by Gasteiger charge is 2.48. The minimum absolute atomic E-state index is 0.0489. The van der Waals surface area contributed by atoms with Gasteiger partial charge in [0.05, 0.1) is 29.6 Å². The van der Waals surface area contributed by atoms with Gasteiger partial charge in [0.15, 0.2) is 9.84 Å². The maximum absolute atomic E-state index is 12.4. The van der Waals surface area contributed by atoms with Crippen molar-refractivity contribution in [3.63, 3.8) is 0 Å². The molecule has 3 heterocycles. The van der Waals surface area contributed by atoms with Gasteiger partial charge < -0.3 is 14.8 Å². The predicted molar refractivity (Wildman–Crippen MR) is 85.8 cm³/mol. The molecule has 2 amide bonds. The molecule has 0 aromatic carbocycles. The normalized spacial score (nSPS) is 27.0. The lowest BCUT2D eigenvalue weighted by Crippen LogP contribution is -2.61. The molecule has 0 bridgehead atoms. The van der Waals surface area contributed by atoms with Crippen molar-refractivity contribution in [3.05, 3.63) is 17.7 Å². The number of amides is 2. The minimum atomic E-state index is -3.13. The molecule has 1 aromatic heterocycles. The number of H-pyrrole nitrogens is 1. The van der Waals surface area contributed by atoms with Gasteiger partial charge in [-0.2, -0.15) is 0 Å². The first kappa shape index (κ1) is 16.3. The summed E-state index contributed by atoms with van der Waals surface area (Å²) in [5.41, 5.74) is 1.93. The van der Waals surface area contributed by atoms with Crippen LogP contribution in [-0.2, 0) is 16.4 Å². The van der Waals surface area contributed by atoms with Crippen LogP contribution in [0.3, 0.4) is 0 Å². The van der Waals surface area contributed by atoms with Gasteiger partial charge in [0.1, 0.15) is 0 Å². The Hall–Kier alpha value is -1.61. The van der Waals surface area contributed by atoms with Gasteiger partial charge in [-0.15, -0.1) is 0 Å². The molecular weight excluding hydrogens is 318 g/mol. The summed E-state index contributed by atoms with van der Waals surface area (Å²) in [5.74, 6) is 0.158. The van der Waals surface area contributed by atoms with E-state index in [4.69, 9.17) is 0 Å². The molecule has 3 rings (SSSR count). The number of carbonyl (C=O) groups is 1. The van der Waals surface area contributed by atoms with Crippen LogP contribution in [0.1, 0.15) is 11.4 Å². The van der Waals surface area contributed by atoms with Crippen LogP contribution in [0.4, 0.5) is 4.79 Å². The van der Waals surface area contributed by atoms with Gasteiger partial charge in [-0.1, -0.05) is 0 Å². The highest BCUT2D eigenvalue weighted by molar-refractivity contribution is 7.91. The minimum Gasteiger partial charge on any atom is -0.348 e. The molecule has 2 fully saturated rings. The molecular formula is C14H23N5O3S. The van der Waals surface area contributed by atoms with E-state index in [0.717, 1.165) is 11.4 Å². The number of aryl methyl sites for hydroxylation is 1. The summed E-state index contributed by atoms with van der Waals surface area (Å²) in [7, 11) is 0.264. The number of nitrogens with zero attached hydrogens (tertiary/aromatic N) is 4. The number of imidazole rings is 1. The Morgan fingerprint density at radius 2 is 2.04 bits per heavy atom. The molecule has 0 saturated carbocycles. The fraction of sp³-hybridized carbons (Fsp3) is 0.714. The highest BCUT2D eigenvalue weighted by Crippen LogP contribution is 2.28. The van der Waals surface area contributed by atoms with Crippen molar-refractivity contribution in [1.82, 2.24) is 24.7 Å². The number of rotatable bonds is 2. The lowest BCUT2D eigenvalue weighted by Gasteiger charge is -2.44. The number of carbonyl (C=O) groups excluding carboxylic acids is 1. The lowest BCUT2D eigenvalue weighted by atomic mass is 10.0. The summed E-state index contributed by atoms with van der Waals surface area (Å²) in [6.45, 7) is 3.76. The summed E-state index contributed by atoms with van der Waals surface area (Å²) >= 11 is 0. The molecule has 1 N–H and O–H groups in total. The van der Waals surface area contributed by atoms with Crippen LogP contribution < -0.4 is 0 Å². The molecule has 23 heavy (non-hydrogen) atoms. The van der Waals surface area contributed by atoms with E-state index in [9.17, 15) is 13.2 Å². The molecule has 2 saturated heterocycles. The van der Waals surface area contributed by atoms with Gasteiger partial charge in [0.2, 0.25) is 0 Å². The van der Waals surface area contributed by atoms with Gasteiger partial charge >= 0.3 is 6.03 Å². The third-order valence-electron chi connectivity index (χ3n) is 4.71. The first-order chi connectivity index (χ1) is 10.8. The van der Waals surface area contributed by atoms with Gasteiger partial charge in [0.25, 0.3) is 0 Å². The monoisotopic (exact) mass is 341 g/mol. The second-order valence-electron chi connectivity index (χ2n) is 6.53. The number of fused-ring (bicyclic) bond motifs is 1. The fourth-order valence-electron chi connectivity index (χ4n) is 3.45. The largest absolute Gasteiger partial charge is 0.348 e. The number of hydrogen-bond donors (Lipinski definition) is 1. The van der Waals surface area contributed by atoms with E-state index in [1.807, 2.05) is 6.92 Å². The van der Waals surface area contributed by atoms with Crippen LogP contribution in [-0.4, -0.2) is 89.9 Å². The number of piperazine rings is 1. The summed E-state index contributed by atoms with van der Waals surface area (Å²) < 4.78 is 24.3. The molecule has 128 valence electrons. The molecule has 0 unspecified atom stereocenters. The van der Waals surface area contributed by atoms with Crippen molar-refractivity contribution in [3.8, 4) is 0 Å². The fourth-order valence-corrected chi connectivity index (χ4v) is 5.47. The van der Waals surface area contributed by atoms with Crippen LogP contribution in [0.5, 0.6) is 0 Å². The first-order valence-electron chi connectivity index (χ1n) is 7.70. The highest BCUT2D eigenvalue weighted by atomic mass is 32.2. The number of aromatic nitrogens is 2. The number of hydrogen-bond acceptors (Lipinski definition) is 5. The van der Waals surface area contributed by atoms with E-state index in [2.05, 4.69) is 14.9 Å². The van der Waals surface area contributed by atoms with Crippen molar-refractivity contribution < 1.29 is 13.2 Å². The zero-order valence-electron chi connectivity index (χ0n) is 13.7. The molecule has 2 aliphatic rings. The van der Waals surface area contributed by atoms with Crippen LogP contribution >= 0.6 is 0 Å². The predicted octanol–water partition coefficient (Wildman–Crippen LogP) is -0.317. The van der Waals surface area contributed by atoms with Gasteiger partial charge in [0, 0.05) is 45.5 Å². The molecule has 0 aliphatic carbocycles. The Bertz CT molecular complexity index is 699. The second kappa shape index (κ2) is 5.79. The van der Waals surface area contributed by atoms with E-state index in [1.165, 1.54) is 4.90 Å². The number of nitrogens with one attached hydrogen (secondary N) is 1. The molecule has 0 spiro atoms. The van der Waals surface area contributed by atoms with Crippen molar-refractivity contribution >= 4 is 15.9 Å². The van der Waals surface area contributed by atoms with Crippen LogP contribution in [0, 0.1) is 6.92 Å². The van der Waals surface area contributed by atoms with Crippen molar-refractivity contribution in [2.45, 2.75) is 25.6 Å². The average Bonchev–Trinajstić information content (AvgIpc) is 3.01. The Morgan fingerprint density at radius 3 is 2.65 bits per heavy atom. The maximum Gasteiger partial charge on any atom is 0.319 e. The molecule has 2 aliphatic heterocycles. The van der Waals surface area contributed by atoms with Crippen LogP contribution in [0.2, 0.25) is 0 Å². The van der Waals surface area contributed by atoms with Crippen molar-refractivity contribution in [2.24, 2.45) is 0 Å².